The van der Waals surface area contributed by atoms with E-state index in [9.17, 15) is 0 Å². The predicted molar refractivity (Wildman–Crippen MR) is 77.2 cm³/mol. The van der Waals surface area contributed by atoms with Gasteiger partial charge in [0.25, 0.3) is 0 Å². The fraction of sp³-hybridized carbons (Fsp3) is 0.556. The molecule has 1 fully saturated rings. The quantitative estimate of drug-likeness (QED) is 0.641. The standard InChI is InChI=1S/C18H22O/c1-13-7-8-14(2)18-12-19-11-17(13,18)10-9-15-5-3-4-6-16(15)18/h3-8,13-14H,9-12H2,1-2H3/t13-,14+,17-,18+/m0/s1. The van der Waals surface area contributed by atoms with E-state index in [4.69, 9.17) is 4.74 Å². The Kier molecular flexibility index (Phi) is 2.30. The first-order valence-electron chi connectivity index (χ1n) is 7.55. The van der Waals surface area contributed by atoms with E-state index in [0.717, 1.165) is 13.2 Å². The molecule has 1 heterocycles. The topological polar surface area (TPSA) is 9.23 Å². The van der Waals surface area contributed by atoms with E-state index < -0.39 is 0 Å². The van der Waals surface area contributed by atoms with Crippen LogP contribution in [0.5, 0.6) is 0 Å². The highest BCUT2D eigenvalue weighted by Gasteiger charge is 2.63. The van der Waals surface area contributed by atoms with Gasteiger partial charge in [0.2, 0.25) is 0 Å². The van der Waals surface area contributed by atoms with Crippen molar-refractivity contribution in [3.8, 4) is 0 Å². The van der Waals surface area contributed by atoms with Gasteiger partial charge in [-0.1, -0.05) is 50.3 Å². The molecule has 1 aromatic carbocycles. The molecule has 1 aromatic rings. The summed E-state index contributed by atoms with van der Waals surface area (Å²) in [4.78, 5) is 0. The molecule has 100 valence electrons. The van der Waals surface area contributed by atoms with E-state index in [0.29, 0.717) is 17.3 Å². The van der Waals surface area contributed by atoms with Crippen molar-refractivity contribution in [3.05, 3.63) is 47.5 Å². The molecule has 0 amide bonds. The SMILES string of the molecule is C[C@@H]1C=C[C@H](C)[C@@]23CCc4ccccc4[C@@]12COC3. The van der Waals surface area contributed by atoms with Crippen molar-refractivity contribution in [2.75, 3.05) is 13.2 Å². The van der Waals surface area contributed by atoms with Crippen molar-refractivity contribution in [1.82, 2.24) is 0 Å². The highest BCUT2D eigenvalue weighted by atomic mass is 16.5. The Bertz CT molecular complexity index is 546. The first kappa shape index (κ1) is 11.7. The third kappa shape index (κ3) is 1.20. The van der Waals surface area contributed by atoms with E-state index in [2.05, 4.69) is 50.3 Å². The van der Waals surface area contributed by atoms with Crippen LogP contribution in [0.4, 0.5) is 0 Å². The Morgan fingerprint density at radius 3 is 2.74 bits per heavy atom. The second-order valence-electron chi connectivity index (χ2n) is 6.74. The van der Waals surface area contributed by atoms with Crippen LogP contribution in [0.25, 0.3) is 0 Å². The van der Waals surface area contributed by atoms with Crippen LogP contribution >= 0.6 is 0 Å². The molecule has 4 rings (SSSR count). The van der Waals surface area contributed by atoms with Gasteiger partial charge in [-0.15, -0.1) is 0 Å². The fourth-order valence-corrected chi connectivity index (χ4v) is 5.12. The summed E-state index contributed by atoms with van der Waals surface area (Å²) in [6.45, 7) is 6.62. The van der Waals surface area contributed by atoms with Gasteiger partial charge in [-0.25, -0.2) is 0 Å². The fourth-order valence-electron chi connectivity index (χ4n) is 5.12. The molecule has 19 heavy (non-hydrogen) atoms. The van der Waals surface area contributed by atoms with Crippen LogP contribution in [-0.4, -0.2) is 13.2 Å². The molecule has 0 unspecified atom stereocenters. The molecule has 3 aliphatic rings. The number of allylic oxidation sites excluding steroid dienone is 2. The van der Waals surface area contributed by atoms with Gasteiger partial charge in [0, 0.05) is 10.8 Å². The summed E-state index contributed by atoms with van der Waals surface area (Å²) in [5, 5.41) is 0. The Balaban J connectivity index is 2.02. The van der Waals surface area contributed by atoms with E-state index in [1.807, 2.05) is 0 Å². The molecule has 0 bridgehead atoms. The van der Waals surface area contributed by atoms with Crippen LogP contribution in [0, 0.1) is 17.3 Å². The van der Waals surface area contributed by atoms with Gasteiger partial charge in [0.05, 0.1) is 13.2 Å². The molecule has 0 aromatic heterocycles. The van der Waals surface area contributed by atoms with E-state index in [-0.39, 0.29) is 5.41 Å². The second kappa shape index (κ2) is 3.73. The van der Waals surface area contributed by atoms with Crippen molar-refractivity contribution in [2.24, 2.45) is 17.3 Å². The van der Waals surface area contributed by atoms with Crippen LogP contribution in [0.15, 0.2) is 36.4 Å². The Morgan fingerprint density at radius 1 is 1.05 bits per heavy atom. The summed E-state index contributed by atoms with van der Waals surface area (Å²) < 4.78 is 6.08. The number of rotatable bonds is 0. The molecule has 1 heteroatoms. The third-order valence-electron chi connectivity index (χ3n) is 6.25. The minimum absolute atomic E-state index is 0.218. The number of hydrogen-bond acceptors (Lipinski definition) is 1. The lowest BCUT2D eigenvalue weighted by Gasteiger charge is -2.56. The van der Waals surface area contributed by atoms with Crippen LogP contribution in [0.3, 0.4) is 0 Å². The highest BCUT2D eigenvalue weighted by molar-refractivity contribution is 5.45. The van der Waals surface area contributed by atoms with Gasteiger partial charge in [-0.2, -0.15) is 0 Å². The van der Waals surface area contributed by atoms with Gasteiger partial charge in [0.1, 0.15) is 0 Å². The molecule has 2 aliphatic carbocycles. The maximum absolute atomic E-state index is 6.08. The van der Waals surface area contributed by atoms with Crippen LogP contribution in [0.2, 0.25) is 0 Å². The maximum atomic E-state index is 6.08. The molecule has 0 spiro atoms. The summed E-state index contributed by atoms with van der Waals surface area (Å²) in [6, 6.07) is 9.07. The number of hydrogen-bond donors (Lipinski definition) is 0. The first-order chi connectivity index (χ1) is 9.21. The molecule has 0 saturated carbocycles. The number of fused-ring (bicyclic) bond motifs is 1. The summed E-state index contributed by atoms with van der Waals surface area (Å²) in [5.74, 6) is 1.20. The molecule has 1 nitrogen and oxygen atoms in total. The van der Waals surface area contributed by atoms with Gasteiger partial charge >= 0.3 is 0 Å². The Hall–Kier alpha value is -1.08. The molecular formula is C18H22O. The lowest BCUT2D eigenvalue weighted by atomic mass is 9.46. The molecular weight excluding hydrogens is 232 g/mol. The van der Waals surface area contributed by atoms with Crippen molar-refractivity contribution >= 4 is 0 Å². The van der Waals surface area contributed by atoms with Gasteiger partial charge in [0.15, 0.2) is 0 Å². The summed E-state index contributed by atoms with van der Waals surface area (Å²) in [7, 11) is 0. The van der Waals surface area contributed by atoms with Crippen LogP contribution in [-0.2, 0) is 16.6 Å². The van der Waals surface area contributed by atoms with E-state index in [1.54, 1.807) is 11.1 Å². The number of ether oxygens (including phenoxy) is 1. The zero-order valence-corrected chi connectivity index (χ0v) is 11.9. The lowest BCUT2D eigenvalue weighted by molar-refractivity contribution is 0.0534. The van der Waals surface area contributed by atoms with E-state index >= 15 is 0 Å². The summed E-state index contributed by atoms with van der Waals surface area (Å²) in [6.07, 6.45) is 7.36. The van der Waals surface area contributed by atoms with Crippen molar-refractivity contribution in [2.45, 2.75) is 32.1 Å². The van der Waals surface area contributed by atoms with Crippen LogP contribution < -0.4 is 0 Å². The van der Waals surface area contributed by atoms with Crippen molar-refractivity contribution < 1.29 is 4.74 Å². The summed E-state index contributed by atoms with van der Waals surface area (Å²) >= 11 is 0. The molecule has 0 radical (unpaired) electrons. The van der Waals surface area contributed by atoms with Crippen molar-refractivity contribution in [3.63, 3.8) is 0 Å². The number of benzene rings is 1. The molecule has 1 aliphatic heterocycles. The minimum Gasteiger partial charge on any atom is -0.380 e. The largest absolute Gasteiger partial charge is 0.380 e. The normalized spacial score (nSPS) is 43.5. The maximum Gasteiger partial charge on any atom is 0.0575 e. The average Bonchev–Trinajstić information content (AvgIpc) is 2.86. The molecule has 4 atom stereocenters. The predicted octanol–water partition coefficient (Wildman–Crippen LogP) is 3.73. The van der Waals surface area contributed by atoms with Gasteiger partial charge in [-0.05, 0) is 35.8 Å². The highest BCUT2D eigenvalue weighted by Crippen LogP contribution is 2.63. The molecule has 1 saturated heterocycles. The van der Waals surface area contributed by atoms with Crippen molar-refractivity contribution in [1.29, 1.82) is 0 Å². The minimum atomic E-state index is 0.218. The lowest BCUT2D eigenvalue weighted by Crippen LogP contribution is -2.56. The average molecular weight is 254 g/mol. The monoisotopic (exact) mass is 254 g/mol. The van der Waals surface area contributed by atoms with Crippen LogP contribution in [0.1, 0.15) is 31.4 Å². The van der Waals surface area contributed by atoms with Gasteiger partial charge in [-0.3, -0.25) is 0 Å². The Labute approximate surface area is 115 Å². The number of aryl methyl sites for hydroxylation is 1. The zero-order valence-electron chi connectivity index (χ0n) is 11.9. The smallest absolute Gasteiger partial charge is 0.0575 e. The van der Waals surface area contributed by atoms with Gasteiger partial charge < -0.3 is 4.74 Å². The summed E-state index contributed by atoms with van der Waals surface area (Å²) in [5.41, 5.74) is 3.67. The van der Waals surface area contributed by atoms with E-state index in [1.165, 1.54) is 12.8 Å². The second-order valence-corrected chi connectivity index (χ2v) is 6.74. The zero-order chi connectivity index (χ0) is 13.1. The first-order valence-corrected chi connectivity index (χ1v) is 7.55. The Morgan fingerprint density at radius 2 is 1.84 bits per heavy atom. The molecule has 0 N–H and O–H groups in total. The third-order valence-corrected chi connectivity index (χ3v) is 6.25.